The molecule has 0 heterocycles. The van der Waals surface area contributed by atoms with Crippen molar-refractivity contribution in [3.05, 3.63) is 52.0 Å². The average Bonchev–Trinajstić information content (AvgIpc) is 2.57. The van der Waals surface area contributed by atoms with Gasteiger partial charge in [0.15, 0.2) is 6.61 Å². The summed E-state index contributed by atoms with van der Waals surface area (Å²) in [6.45, 7) is -0.338. The van der Waals surface area contributed by atoms with Crippen molar-refractivity contribution in [2.45, 2.75) is 0 Å². The van der Waals surface area contributed by atoms with E-state index < -0.39 is 11.8 Å². The van der Waals surface area contributed by atoms with Gasteiger partial charge in [0.2, 0.25) is 0 Å². The van der Waals surface area contributed by atoms with E-state index in [1.807, 2.05) is 0 Å². The van der Waals surface area contributed by atoms with Crippen molar-refractivity contribution in [2.24, 2.45) is 5.73 Å². The van der Waals surface area contributed by atoms with E-state index in [1.54, 1.807) is 24.3 Å². The average molecular weight is 369 g/mol. The number of primary amides is 1. The summed E-state index contributed by atoms with van der Waals surface area (Å²) in [5, 5.41) is 3.12. The highest BCUT2D eigenvalue weighted by molar-refractivity contribution is 6.44. The summed E-state index contributed by atoms with van der Waals surface area (Å²) in [5.41, 5.74) is 5.77. The van der Waals surface area contributed by atoms with E-state index in [9.17, 15) is 9.59 Å². The SMILES string of the molecule is COc1ccc(OCC(=O)Nc2cccc(Cl)c2Cl)c(C(N)=O)c1. The van der Waals surface area contributed by atoms with Gasteiger partial charge < -0.3 is 20.5 Å². The first-order valence-electron chi connectivity index (χ1n) is 6.77. The van der Waals surface area contributed by atoms with E-state index in [4.69, 9.17) is 38.4 Å². The van der Waals surface area contributed by atoms with Gasteiger partial charge in [0.25, 0.3) is 11.8 Å². The molecule has 3 N–H and O–H groups in total. The molecule has 0 aliphatic rings. The maximum absolute atomic E-state index is 12.0. The Labute approximate surface area is 148 Å². The molecule has 8 heteroatoms. The first-order valence-corrected chi connectivity index (χ1v) is 7.52. The number of ether oxygens (including phenoxy) is 2. The smallest absolute Gasteiger partial charge is 0.262 e. The van der Waals surface area contributed by atoms with E-state index in [-0.39, 0.29) is 22.9 Å². The number of carbonyl (C=O) groups excluding carboxylic acids is 2. The lowest BCUT2D eigenvalue weighted by molar-refractivity contribution is -0.118. The molecule has 0 saturated carbocycles. The van der Waals surface area contributed by atoms with Crippen LogP contribution in [0.5, 0.6) is 11.5 Å². The molecule has 24 heavy (non-hydrogen) atoms. The number of hydrogen-bond acceptors (Lipinski definition) is 4. The number of nitrogens with one attached hydrogen (secondary N) is 1. The van der Waals surface area contributed by atoms with Crippen molar-refractivity contribution < 1.29 is 19.1 Å². The van der Waals surface area contributed by atoms with Crippen molar-refractivity contribution in [1.29, 1.82) is 0 Å². The molecular formula is C16H14Cl2N2O4. The maximum atomic E-state index is 12.0. The van der Waals surface area contributed by atoms with Gasteiger partial charge in [-0.05, 0) is 30.3 Å². The Balaban J connectivity index is 2.06. The molecule has 0 bridgehead atoms. The summed E-state index contributed by atoms with van der Waals surface area (Å²) in [6, 6.07) is 9.38. The lowest BCUT2D eigenvalue weighted by Crippen LogP contribution is -2.22. The molecular weight excluding hydrogens is 355 g/mol. The van der Waals surface area contributed by atoms with Crippen LogP contribution >= 0.6 is 23.2 Å². The number of methoxy groups -OCH3 is 1. The van der Waals surface area contributed by atoms with Crippen molar-refractivity contribution in [3.63, 3.8) is 0 Å². The van der Waals surface area contributed by atoms with Crippen LogP contribution in [-0.2, 0) is 4.79 Å². The van der Waals surface area contributed by atoms with Crippen LogP contribution in [0.1, 0.15) is 10.4 Å². The summed E-state index contributed by atoms with van der Waals surface area (Å²) >= 11 is 11.9. The predicted molar refractivity (Wildman–Crippen MR) is 92.1 cm³/mol. The fourth-order valence-electron chi connectivity index (χ4n) is 1.88. The molecule has 126 valence electrons. The highest BCUT2D eigenvalue weighted by atomic mass is 35.5. The van der Waals surface area contributed by atoms with Gasteiger partial charge in [-0.1, -0.05) is 29.3 Å². The van der Waals surface area contributed by atoms with E-state index in [0.717, 1.165) is 0 Å². The second kappa shape index (κ2) is 7.90. The molecule has 2 amide bonds. The number of hydrogen-bond donors (Lipinski definition) is 2. The summed E-state index contributed by atoms with van der Waals surface area (Å²) in [7, 11) is 1.46. The number of benzene rings is 2. The lowest BCUT2D eigenvalue weighted by atomic mass is 10.2. The van der Waals surface area contributed by atoms with Gasteiger partial charge in [0.1, 0.15) is 11.5 Å². The summed E-state index contributed by atoms with van der Waals surface area (Å²) in [6.07, 6.45) is 0. The third kappa shape index (κ3) is 4.31. The number of amides is 2. The van der Waals surface area contributed by atoms with Crippen LogP contribution < -0.4 is 20.5 Å². The molecule has 0 radical (unpaired) electrons. The Morgan fingerprint density at radius 1 is 1.21 bits per heavy atom. The number of rotatable bonds is 6. The number of nitrogens with two attached hydrogens (primary N) is 1. The van der Waals surface area contributed by atoms with E-state index in [2.05, 4.69) is 5.32 Å². The Kier molecular flexibility index (Phi) is 5.89. The van der Waals surface area contributed by atoms with Crippen LogP contribution in [0.4, 0.5) is 5.69 Å². The fourth-order valence-corrected chi connectivity index (χ4v) is 2.23. The third-order valence-electron chi connectivity index (χ3n) is 3.04. The predicted octanol–water partition coefficient (Wildman–Crippen LogP) is 3.12. The second-order valence-electron chi connectivity index (χ2n) is 4.66. The monoisotopic (exact) mass is 368 g/mol. The Bertz CT molecular complexity index is 781. The van der Waals surface area contributed by atoms with Crippen LogP contribution in [0, 0.1) is 0 Å². The molecule has 2 aromatic carbocycles. The van der Waals surface area contributed by atoms with Gasteiger partial charge in [-0.3, -0.25) is 9.59 Å². The first kappa shape index (κ1) is 17.9. The van der Waals surface area contributed by atoms with Crippen molar-refractivity contribution in [2.75, 3.05) is 19.0 Å². The van der Waals surface area contributed by atoms with Crippen molar-refractivity contribution in [1.82, 2.24) is 0 Å². The van der Waals surface area contributed by atoms with Gasteiger partial charge in [-0.25, -0.2) is 0 Å². The van der Waals surface area contributed by atoms with Crippen molar-refractivity contribution in [3.8, 4) is 11.5 Å². The minimum Gasteiger partial charge on any atom is -0.497 e. The molecule has 0 aromatic heterocycles. The van der Waals surface area contributed by atoms with E-state index in [0.29, 0.717) is 16.5 Å². The highest BCUT2D eigenvalue weighted by Crippen LogP contribution is 2.29. The fraction of sp³-hybridized carbons (Fsp3) is 0.125. The number of anilines is 1. The summed E-state index contributed by atoms with van der Waals surface area (Å²) in [4.78, 5) is 23.4. The second-order valence-corrected chi connectivity index (χ2v) is 5.45. The molecule has 0 aliphatic heterocycles. The first-order chi connectivity index (χ1) is 11.4. The van der Waals surface area contributed by atoms with Crippen LogP contribution in [-0.4, -0.2) is 25.5 Å². The molecule has 2 rings (SSSR count). The zero-order valence-electron chi connectivity index (χ0n) is 12.6. The molecule has 0 spiro atoms. The summed E-state index contributed by atoms with van der Waals surface area (Å²) < 4.78 is 10.4. The number of halogens is 2. The maximum Gasteiger partial charge on any atom is 0.262 e. The molecule has 2 aromatic rings. The van der Waals surface area contributed by atoms with Gasteiger partial charge in [-0.2, -0.15) is 0 Å². The Morgan fingerprint density at radius 3 is 2.62 bits per heavy atom. The van der Waals surface area contributed by atoms with Crippen LogP contribution in [0.3, 0.4) is 0 Å². The van der Waals surface area contributed by atoms with Crippen LogP contribution in [0.15, 0.2) is 36.4 Å². The Hall–Kier alpha value is -2.44. The van der Waals surface area contributed by atoms with Crippen LogP contribution in [0.25, 0.3) is 0 Å². The zero-order valence-corrected chi connectivity index (χ0v) is 14.1. The van der Waals surface area contributed by atoms with E-state index >= 15 is 0 Å². The molecule has 6 nitrogen and oxygen atoms in total. The molecule has 0 aliphatic carbocycles. The largest absolute Gasteiger partial charge is 0.497 e. The quantitative estimate of drug-likeness (QED) is 0.819. The van der Waals surface area contributed by atoms with Gasteiger partial charge in [0.05, 0.1) is 28.4 Å². The third-order valence-corrected chi connectivity index (χ3v) is 3.86. The highest BCUT2D eigenvalue weighted by Gasteiger charge is 2.14. The molecule has 0 saturated heterocycles. The van der Waals surface area contributed by atoms with Gasteiger partial charge >= 0.3 is 0 Å². The number of carbonyl (C=O) groups is 2. The van der Waals surface area contributed by atoms with Gasteiger partial charge in [0, 0.05) is 0 Å². The lowest BCUT2D eigenvalue weighted by Gasteiger charge is -2.12. The van der Waals surface area contributed by atoms with Crippen molar-refractivity contribution >= 4 is 40.7 Å². The Morgan fingerprint density at radius 2 is 1.96 bits per heavy atom. The topological polar surface area (TPSA) is 90.7 Å². The molecule has 0 atom stereocenters. The molecule has 0 unspecified atom stereocenters. The standard InChI is InChI=1S/C16H14Cl2N2O4/c1-23-9-5-6-13(10(7-9)16(19)22)24-8-14(21)20-12-4-2-3-11(17)15(12)18/h2-7H,8H2,1H3,(H2,19,22)(H,20,21). The van der Waals surface area contributed by atoms with E-state index in [1.165, 1.54) is 19.2 Å². The van der Waals surface area contributed by atoms with Crippen LogP contribution in [0.2, 0.25) is 10.0 Å². The summed E-state index contributed by atoms with van der Waals surface area (Å²) in [5.74, 6) is -0.533. The zero-order chi connectivity index (χ0) is 17.7. The normalized spacial score (nSPS) is 10.1. The minimum absolute atomic E-state index is 0.114. The van der Waals surface area contributed by atoms with Gasteiger partial charge in [-0.15, -0.1) is 0 Å². The minimum atomic E-state index is -0.692. The molecule has 0 fully saturated rings.